The Morgan fingerprint density at radius 3 is 2.60 bits per heavy atom. The highest BCUT2D eigenvalue weighted by Gasteiger charge is 2.21. The van der Waals surface area contributed by atoms with E-state index in [0.717, 1.165) is 28.1 Å². The van der Waals surface area contributed by atoms with E-state index >= 15 is 0 Å². The van der Waals surface area contributed by atoms with Crippen LogP contribution in [0.3, 0.4) is 0 Å². The minimum atomic E-state index is -0.121. The molecular weight excluding hydrogens is 380 g/mol. The first-order chi connectivity index (χ1) is 14.4. The third-order valence-corrected chi connectivity index (χ3v) is 5.18. The van der Waals surface area contributed by atoms with Gasteiger partial charge in [0, 0.05) is 24.1 Å². The Morgan fingerprint density at radius 1 is 1.03 bits per heavy atom. The molecule has 0 bridgehead atoms. The van der Waals surface area contributed by atoms with Gasteiger partial charge in [0.15, 0.2) is 17.3 Å². The van der Waals surface area contributed by atoms with Crippen LogP contribution >= 0.6 is 0 Å². The van der Waals surface area contributed by atoms with E-state index in [9.17, 15) is 4.79 Å². The van der Waals surface area contributed by atoms with Gasteiger partial charge in [-0.15, -0.1) is 0 Å². The molecule has 0 saturated carbocycles. The smallest absolute Gasteiger partial charge is 0.231 e. The summed E-state index contributed by atoms with van der Waals surface area (Å²) < 4.78 is 16.4. The number of amides is 1. The Bertz CT molecular complexity index is 1070. The van der Waals surface area contributed by atoms with E-state index in [2.05, 4.69) is 31.1 Å². The van der Waals surface area contributed by atoms with Crippen molar-refractivity contribution in [3.05, 3.63) is 64.8 Å². The molecule has 0 saturated heterocycles. The predicted octanol–water partition coefficient (Wildman–Crippen LogP) is 4.87. The van der Waals surface area contributed by atoms with E-state index in [1.165, 1.54) is 5.56 Å². The van der Waals surface area contributed by atoms with Crippen LogP contribution in [0.1, 0.15) is 36.2 Å². The topological polar surface area (TPSA) is 64.8 Å². The van der Waals surface area contributed by atoms with E-state index < -0.39 is 0 Å². The van der Waals surface area contributed by atoms with E-state index in [0.29, 0.717) is 24.6 Å². The summed E-state index contributed by atoms with van der Waals surface area (Å²) in [5.74, 6) is 2.09. The minimum absolute atomic E-state index is 0.0590. The van der Waals surface area contributed by atoms with Gasteiger partial charge in [-0.3, -0.25) is 4.79 Å². The van der Waals surface area contributed by atoms with Crippen molar-refractivity contribution < 1.29 is 18.8 Å². The highest BCUT2D eigenvalue weighted by Crippen LogP contribution is 2.33. The Hall–Kier alpha value is -3.28. The lowest BCUT2D eigenvalue weighted by Gasteiger charge is -2.23. The van der Waals surface area contributed by atoms with Crippen LogP contribution in [-0.2, 0) is 17.9 Å². The zero-order valence-electron chi connectivity index (χ0n) is 17.8. The molecule has 0 unspecified atom stereocenters. The fraction of sp³-hybridized carbons (Fsp3) is 0.333. The van der Waals surface area contributed by atoms with Crippen molar-refractivity contribution >= 4 is 5.91 Å². The number of benzene rings is 2. The van der Waals surface area contributed by atoms with Crippen LogP contribution in [-0.4, -0.2) is 22.8 Å². The molecule has 6 heteroatoms. The predicted molar refractivity (Wildman–Crippen MR) is 113 cm³/mol. The standard InChI is InChI=1S/C24H26N2O4/c1-15(2)24(27)26(12-18-6-8-21-23(10-18)29-14-28-21)13-19-11-22(30-25-19)20-7-5-16(3)9-17(20)4/h5-11,15H,12-14H2,1-4H3. The summed E-state index contributed by atoms with van der Waals surface area (Å²) in [6.45, 7) is 8.98. The Balaban J connectivity index is 1.55. The first-order valence-corrected chi connectivity index (χ1v) is 10.1. The van der Waals surface area contributed by atoms with Gasteiger partial charge in [-0.05, 0) is 37.1 Å². The van der Waals surface area contributed by atoms with Crippen molar-refractivity contribution in [2.75, 3.05) is 6.79 Å². The second kappa shape index (κ2) is 8.22. The molecule has 1 aliphatic rings. The van der Waals surface area contributed by atoms with Crippen molar-refractivity contribution in [1.82, 2.24) is 10.1 Å². The lowest BCUT2D eigenvalue weighted by molar-refractivity contribution is -0.135. The Labute approximate surface area is 176 Å². The first-order valence-electron chi connectivity index (χ1n) is 10.1. The molecule has 0 radical (unpaired) electrons. The van der Waals surface area contributed by atoms with Gasteiger partial charge in [0.05, 0.1) is 6.54 Å². The minimum Gasteiger partial charge on any atom is -0.454 e. The van der Waals surface area contributed by atoms with Crippen molar-refractivity contribution in [3.63, 3.8) is 0 Å². The molecule has 156 valence electrons. The second-order valence-corrected chi connectivity index (χ2v) is 8.04. The zero-order valence-corrected chi connectivity index (χ0v) is 17.8. The van der Waals surface area contributed by atoms with Gasteiger partial charge < -0.3 is 18.9 Å². The number of hydrogen-bond donors (Lipinski definition) is 0. The normalized spacial score (nSPS) is 12.4. The molecule has 0 N–H and O–H groups in total. The van der Waals surface area contributed by atoms with Crippen molar-refractivity contribution in [1.29, 1.82) is 0 Å². The van der Waals surface area contributed by atoms with E-state index in [4.69, 9.17) is 14.0 Å². The maximum absolute atomic E-state index is 12.9. The van der Waals surface area contributed by atoms with E-state index in [1.807, 2.05) is 44.2 Å². The maximum Gasteiger partial charge on any atom is 0.231 e. The highest BCUT2D eigenvalue weighted by atomic mass is 16.7. The Kier molecular flexibility index (Phi) is 5.48. The van der Waals surface area contributed by atoms with Crippen molar-refractivity contribution in [2.45, 2.75) is 40.8 Å². The third-order valence-electron chi connectivity index (χ3n) is 5.18. The average molecular weight is 406 g/mol. The van der Waals surface area contributed by atoms with Crippen LogP contribution in [0, 0.1) is 19.8 Å². The van der Waals surface area contributed by atoms with Crippen LogP contribution in [0.5, 0.6) is 11.5 Å². The molecule has 6 nitrogen and oxygen atoms in total. The van der Waals surface area contributed by atoms with Crippen LogP contribution in [0.4, 0.5) is 0 Å². The molecular formula is C24H26N2O4. The number of rotatable bonds is 6. The van der Waals surface area contributed by atoms with Gasteiger partial charge in [-0.1, -0.05) is 48.8 Å². The van der Waals surface area contributed by atoms with Crippen molar-refractivity contribution in [3.8, 4) is 22.8 Å². The van der Waals surface area contributed by atoms with Gasteiger partial charge >= 0.3 is 0 Å². The summed E-state index contributed by atoms with van der Waals surface area (Å²) >= 11 is 0. The van der Waals surface area contributed by atoms with Gasteiger partial charge in [0.2, 0.25) is 12.7 Å². The monoisotopic (exact) mass is 406 g/mol. The maximum atomic E-state index is 12.9. The SMILES string of the molecule is Cc1ccc(-c2cc(CN(Cc3ccc4c(c3)OCO4)C(=O)C(C)C)no2)c(C)c1. The molecule has 4 rings (SSSR count). The number of carbonyl (C=O) groups is 1. The van der Waals surface area contributed by atoms with E-state index in [-0.39, 0.29) is 18.6 Å². The van der Waals surface area contributed by atoms with Crippen LogP contribution < -0.4 is 9.47 Å². The number of nitrogens with zero attached hydrogens (tertiary/aromatic N) is 2. The largest absolute Gasteiger partial charge is 0.454 e. The molecule has 0 atom stereocenters. The molecule has 3 aromatic rings. The number of ether oxygens (including phenoxy) is 2. The molecule has 0 fully saturated rings. The summed E-state index contributed by atoms with van der Waals surface area (Å²) in [7, 11) is 0. The number of aryl methyl sites for hydroxylation is 2. The van der Waals surface area contributed by atoms with Crippen LogP contribution in [0.25, 0.3) is 11.3 Å². The molecule has 30 heavy (non-hydrogen) atoms. The lowest BCUT2D eigenvalue weighted by Crippen LogP contribution is -2.33. The zero-order chi connectivity index (χ0) is 21.3. The van der Waals surface area contributed by atoms with Gasteiger partial charge in [-0.25, -0.2) is 0 Å². The molecule has 1 amide bonds. The summed E-state index contributed by atoms with van der Waals surface area (Å²) in [5, 5.41) is 4.22. The highest BCUT2D eigenvalue weighted by molar-refractivity contribution is 5.78. The second-order valence-electron chi connectivity index (χ2n) is 8.04. The summed E-state index contributed by atoms with van der Waals surface area (Å²) in [6.07, 6.45) is 0. The summed E-state index contributed by atoms with van der Waals surface area (Å²) in [5.41, 5.74) is 5.05. The summed E-state index contributed by atoms with van der Waals surface area (Å²) in [4.78, 5) is 14.7. The van der Waals surface area contributed by atoms with Crippen LogP contribution in [0.15, 0.2) is 47.0 Å². The number of hydrogen-bond acceptors (Lipinski definition) is 5. The molecule has 0 spiro atoms. The molecule has 2 aromatic carbocycles. The number of carbonyl (C=O) groups excluding carboxylic acids is 1. The molecule has 0 aliphatic carbocycles. The average Bonchev–Trinajstić information content (AvgIpc) is 3.36. The molecule has 1 aliphatic heterocycles. The summed E-state index contributed by atoms with van der Waals surface area (Å²) in [6, 6.07) is 13.9. The molecule has 2 heterocycles. The van der Waals surface area contributed by atoms with Crippen molar-refractivity contribution in [2.24, 2.45) is 5.92 Å². The third kappa shape index (κ3) is 4.17. The lowest BCUT2D eigenvalue weighted by atomic mass is 10.0. The number of aromatic nitrogens is 1. The quantitative estimate of drug-likeness (QED) is 0.584. The van der Waals surface area contributed by atoms with Gasteiger partial charge in [0.1, 0.15) is 5.69 Å². The fourth-order valence-corrected chi connectivity index (χ4v) is 3.64. The van der Waals surface area contributed by atoms with Crippen LogP contribution in [0.2, 0.25) is 0 Å². The van der Waals surface area contributed by atoms with Gasteiger partial charge in [-0.2, -0.15) is 0 Å². The van der Waals surface area contributed by atoms with E-state index in [1.54, 1.807) is 4.90 Å². The Morgan fingerprint density at radius 2 is 1.83 bits per heavy atom. The number of fused-ring (bicyclic) bond motifs is 1. The fourth-order valence-electron chi connectivity index (χ4n) is 3.64. The van der Waals surface area contributed by atoms with Gasteiger partial charge in [0.25, 0.3) is 0 Å². The molecule has 1 aromatic heterocycles. The first kappa shape index (κ1) is 20.0.